The van der Waals surface area contributed by atoms with Gasteiger partial charge in [0.2, 0.25) is 6.35 Å². The molecule has 28 heavy (non-hydrogen) atoms. The number of hydrogen-bond acceptors (Lipinski definition) is 5. The lowest BCUT2D eigenvalue weighted by molar-refractivity contribution is 0.0767. The third kappa shape index (κ3) is 3.22. The van der Waals surface area contributed by atoms with Crippen molar-refractivity contribution >= 4 is 23.0 Å². The van der Waals surface area contributed by atoms with Gasteiger partial charge in [-0.05, 0) is 55.2 Å². The van der Waals surface area contributed by atoms with Crippen molar-refractivity contribution in [2.45, 2.75) is 40.0 Å². The Bertz CT molecular complexity index is 884. The molecular formula is C23H26N4O. The molecule has 0 saturated heterocycles. The molecule has 3 aromatic rings. The average Bonchev–Trinajstić information content (AvgIpc) is 3.08. The molecule has 0 unspecified atom stereocenters. The molecule has 1 aliphatic heterocycles. The lowest BCUT2D eigenvalue weighted by Crippen LogP contribution is -2.41. The second-order valence-electron chi connectivity index (χ2n) is 6.77. The molecule has 4 rings (SSSR count). The summed E-state index contributed by atoms with van der Waals surface area (Å²) in [4.78, 5) is 13.6. The first kappa shape index (κ1) is 18.4. The molecule has 5 nitrogen and oxygen atoms in total. The average molecular weight is 374 g/mol. The van der Waals surface area contributed by atoms with Gasteiger partial charge in [-0.2, -0.15) is 0 Å². The molecule has 0 aliphatic carbocycles. The Morgan fingerprint density at radius 1 is 0.786 bits per heavy atom. The number of benzene rings is 2. The first-order chi connectivity index (χ1) is 13.8. The second-order valence-corrected chi connectivity index (χ2v) is 6.77. The summed E-state index contributed by atoms with van der Waals surface area (Å²) in [6, 6.07) is 17.1. The molecule has 2 heterocycles. The Morgan fingerprint density at radius 3 is 1.71 bits per heavy atom. The Labute approximate surface area is 166 Å². The first-order valence-corrected chi connectivity index (χ1v) is 9.95. The Hall–Kier alpha value is -2.92. The minimum Gasteiger partial charge on any atom is -0.340 e. The van der Waals surface area contributed by atoms with Crippen LogP contribution in [0.3, 0.4) is 0 Å². The number of ether oxygens (including phenoxy) is 1. The van der Waals surface area contributed by atoms with Gasteiger partial charge >= 0.3 is 0 Å². The van der Waals surface area contributed by atoms with Crippen molar-refractivity contribution in [3.05, 3.63) is 72.1 Å². The Morgan fingerprint density at radius 2 is 1.29 bits per heavy atom. The molecular weight excluding hydrogens is 348 g/mol. The van der Waals surface area contributed by atoms with Gasteiger partial charge in [0.25, 0.3) is 0 Å². The van der Waals surface area contributed by atoms with Crippen LogP contribution in [0.5, 0.6) is 0 Å². The number of nitrogens with zero attached hydrogens (tertiary/aromatic N) is 4. The smallest absolute Gasteiger partial charge is 0.221 e. The fourth-order valence-electron chi connectivity index (χ4n) is 3.64. The highest BCUT2D eigenvalue weighted by Gasteiger charge is 2.40. The van der Waals surface area contributed by atoms with E-state index in [0.29, 0.717) is 6.61 Å². The highest BCUT2D eigenvalue weighted by molar-refractivity contribution is 5.82. The number of aryl methyl sites for hydroxylation is 2. The molecule has 0 spiro atoms. The number of hydrogen-bond donors (Lipinski definition) is 0. The SMILES string of the molecule is CCOC1N(c2cccc(CC)c2)c2nccnc2N1c1cccc(CC)c1. The molecule has 0 fully saturated rings. The summed E-state index contributed by atoms with van der Waals surface area (Å²) >= 11 is 0. The van der Waals surface area contributed by atoms with Crippen molar-refractivity contribution in [3.8, 4) is 0 Å². The number of rotatable bonds is 6. The van der Waals surface area contributed by atoms with E-state index in [2.05, 4.69) is 82.1 Å². The molecule has 0 N–H and O–H groups in total. The highest BCUT2D eigenvalue weighted by Crippen LogP contribution is 2.45. The van der Waals surface area contributed by atoms with E-state index in [4.69, 9.17) is 4.74 Å². The molecule has 0 saturated carbocycles. The summed E-state index contributed by atoms with van der Waals surface area (Å²) in [6.45, 7) is 6.94. The van der Waals surface area contributed by atoms with Gasteiger partial charge in [-0.25, -0.2) is 9.97 Å². The van der Waals surface area contributed by atoms with Crippen LogP contribution in [0.25, 0.3) is 0 Å². The predicted octanol–water partition coefficient (Wildman–Crippen LogP) is 5.21. The fourth-order valence-corrected chi connectivity index (χ4v) is 3.64. The molecule has 0 atom stereocenters. The molecule has 1 aliphatic rings. The van der Waals surface area contributed by atoms with Crippen LogP contribution in [0.4, 0.5) is 23.0 Å². The van der Waals surface area contributed by atoms with E-state index in [9.17, 15) is 0 Å². The van der Waals surface area contributed by atoms with Crippen LogP contribution in [-0.4, -0.2) is 22.9 Å². The van der Waals surface area contributed by atoms with Crippen LogP contribution >= 0.6 is 0 Å². The van der Waals surface area contributed by atoms with Gasteiger partial charge in [-0.3, -0.25) is 9.80 Å². The van der Waals surface area contributed by atoms with Crippen LogP contribution in [0.2, 0.25) is 0 Å². The van der Waals surface area contributed by atoms with Crippen LogP contribution in [0, 0.1) is 0 Å². The molecule has 2 aromatic carbocycles. The lowest BCUT2D eigenvalue weighted by atomic mass is 10.1. The zero-order valence-corrected chi connectivity index (χ0v) is 16.7. The third-order valence-electron chi connectivity index (χ3n) is 5.07. The van der Waals surface area contributed by atoms with Gasteiger partial charge < -0.3 is 4.74 Å². The van der Waals surface area contributed by atoms with Crippen molar-refractivity contribution in [3.63, 3.8) is 0 Å². The summed E-state index contributed by atoms with van der Waals surface area (Å²) in [7, 11) is 0. The summed E-state index contributed by atoms with van der Waals surface area (Å²) in [5.74, 6) is 1.63. The quantitative estimate of drug-likeness (QED) is 0.592. The van der Waals surface area contributed by atoms with Crippen molar-refractivity contribution in [1.82, 2.24) is 9.97 Å². The van der Waals surface area contributed by atoms with E-state index in [1.807, 2.05) is 6.92 Å². The van der Waals surface area contributed by atoms with Crippen LogP contribution in [0.15, 0.2) is 60.9 Å². The van der Waals surface area contributed by atoms with E-state index in [1.165, 1.54) is 11.1 Å². The lowest BCUT2D eigenvalue weighted by Gasteiger charge is -2.31. The summed E-state index contributed by atoms with van der Waals surface area (Å²) in [5, 5.41) is 0. The third-order valence-corrected chi connectivity index (χ3v) is 5.07. The largest absolute Gasteiger partial charge is 0.340 e. The molecule has 5 heteroatoms. The Balaban J connectivity index is 1.87. The topological polar surface area (TPSA) is 41.5 Å². The van der Waals surface area contributed by atoms with Gasteiger partial charge in [0.15, 0.2) is 11.6 Å². The second kappa shape index (κ2) is 7.98. The van der Waals surface area contributed by atoms with E-state index in [0.717, 1.165) is 35.9 Å². The minimum atomic E-state index is -0.332. The molecule has 0 bridgehead atoms. The van der Waals surface area contributed by atoms with Gasteiger partial charge in [0.05, 0.1) is 0 Å². The normalized spacial score (nSPS) is 13.8. The van der Waals surface area contributed by atoms with E-state index < -0.39 is 0 Å². The van der Waals surface area contributed by atoms with Gasteiger partial charge in [-0.1, -0.05) is 38.1 Å². The van der Waals surface area contributed by atoms with Crippen LogP contribution < -0.4 is 9.80 Å². The molecule has 144 valence electrons. The van der Waals surface area contributed by atoms with Crippen molar-refractivity contribution in [2.24, 2.45) is 0 Å². The maximum Gasteiger partial charge on any atom is 0.221 e. The summed E-state index contributed by atoms with van der Waals surface area (Å²) < 4.78 is 6.24. The van der Waals surface area contributed by atoms with E-state index in [-0.39, 0.29) is 6.35 Å². The zero-order chi connectivity index (χ0) is 19.5. The first-order valence-electron chi connectivity index (χ1n) is 9.95. The Kier molecular flexibility index (Phi) is 5.26. The summed E-state index contributed by atoms with van der Waals surface area (Å²) in [5.41, 5.74) is 4.69. The number of fused-ring (bicyclic) bond motifs is 1. The van der Waals surface area contributed by atoms with E-state index >= 15 is 0 Å². The van der Waals surface area contributed by atoms with Gasteiger partial charge in [0.1, 0.15) is 0 Å². The van der Waals surface area contributed by atoms with Crippen LogP contribution in [-0.2, 0) is 17.6 Å². The molecule has 0 radical (unpaired) electrons. The van der Waals surface area contributed by atoms with Gasteiger partial charge in [-0.15, -0.1) is 0 Å². The summed E-state index contributed by atoms with van der Waals surface area (Å²) in [6.07, 6.45) is 5.11. The standard InChI is InChI=1S/C23H26N4O/c1-4-17-9-7-11-19(15-17)26-21-22(25-14-13-24-21)27(23(26)28-6-3)20-12-8-10-18(5-2)16-20/h7-16,23H,4-6H2,1-3H3. The predicted molar refractivity (Wildman–Crippen MR) is 113 cm³/mol. The number of aromatic nitrogens is 2. The number of anilines is 4. The van der Waals surface area contributed by atoms with Crippen molar-refractivity contribution in [1.29, 1.82) is 0 Å². The monoisotopic (exact) mass is 374 g/mol. The fraction of sp³-hybridized carbons (Fsp3) is 0.304. The highest BCUT2D eigenvalue weighted by atomic mass is 16.5. The maximum atomic E-state index is 6.24. The zero-order valence-electron chi connectivity index (χ0n) is 16.7. The minimum absolute atomic E-state index is 0.332. The van der Waals surface area contributed by atoms with Crippen molar-refractivity contribution in [2.75, 3.05) is 16.4 Å². The maximum absolute atomic E-state index is 6.24. The molecule has 0 amide bonds. The molecule has 1 aromatic heterocycles. The van der Waals surface area contributed by atoms with Crippen LogP contribution in [0.1, 0.15) is 31.9 Å². The van der Waals surface area contributed by atoms with Gasteiger partial charge in [0, 0.05) is 30.4 Å². The van der Waals surface area contributed by atoms with E-state index in [1.54, 1.807) is 12.4 Å². The van der Waals surface area contributed by atoms with Crippen molar-refractivity contribution < 1.29 is 4.74 Å².